The predicted molar refractivity (Wildman–Crippen MR) is 119 cm³/mol. The van der Waals surface area contributed by atoms with Gasteiger partial charge in [0.2, 0.25) is 5.91 Å². The van der Waals surface area contributed by atoms with E-state index in [1.165, 1.54) is 34.4 Å². The zero-order chi connectivity index (χ0) is 22.5. The number of benzene rings is 2. The van der Waals surface area contributed by atoms with Crippen molar-refractivity contribution in [1.29, 1.82) is 0 Å². The van der Waals surface area contributed by atoms with Crippen molar-refractivity contribution < 1.29 is 19.2 Å². The van der Waals surface area contributed by atoms with Crippen molar-refractivity contribution >= 4 is 34.5 Å². The number of aromatic nitrogens is 1. The summed E-state index contributed by atoms with van der Waals surface area (Å²) in [5.41, 5.74) is 1.94. The Balaban J connectivity index is 1.70. The molecular formula is C21H20ClN3O5S. The lowest BCUT2D eigenvalue weighted by atomic mass is 10.2. The number of carbonyl (C=O) groups is 1. The largest absolute Gasteiger partial charge is 0.493 e. The molecule has 3 aromatic rings. The van der Waals surface area contributed by atoms with E-state index in [2.05, 4.69) is 4.98 Å². The van der Waals surface area contributed by atoms with E-state index in [1.807, 2.05) is 17.5 Å². The number of nitro benzene ring substituents is 1. The first-order valence-corrected chi connectivity index (χ1v) is 10.4. The van der Waals surface area contributed by atoms with Gasteiger partial charge in [-0.3, -0.25) is 14.9 Å². The summed E-state index contributed by atoms with van der Waals surface area (Å²) in [7, 11) is 4.76. The molecule has 10 heteroatoms. The van der Waals surface area contributed by atoms with E-state index in [0.717, 1.165) is 10.6 Å². The highest BCUT2D eigenvalue weighted by molar-refractivity contribution is 7.13. The topological polar surface area (TPSA) is 94.8 Å². The lowest BCUT2D eigenvalue weighted by Gasteiger charge is -2.17. The van der Waals surface area contributed by atoms with Gasteiger partial charge in [-0.05, 0) is 29.8 Å². The van der Waals surface area contributed by atoms with Gasteiger partial charge in [-0.25, -0.2) is 4.98 Å². The fourth-order valence-corrected chi connectivity index (χ4v) is 3.91. The van der Waals surface area contributed by atoms with Gasteiger partial charge in [0.15, 0.2) is 11.5 Å². The van der Waals surface area contributed by atoms with E-state index in [0.29, 0.717) is 27.8 Å². The van der Waals surface area contributed by atoms with Crippen LogP contribution in [0, 0.1) is 10.1 Å². The average molecular weight is 462 g/mol. The molecule has 162 valence electrons. The summed E-state index contributed by atoms with van der Waals surface area (Å²) in [6.07, 6.45) is 0.104. The van der Waals surface area contributed by atoms with E-state index in [9.17, 15) is 14.9 Å². The van der Waals surface area contributed by atoms with Crippen LogP contribution in [0.1, 0.15) is 11.3 Å². The van der Waals surface area contributed by atoms with Crippen molar-refractivity contribution in [3.05, 3.63) is 68.2 Å². The van der Waals surface area contributed by atoms with Crippen LogP contribution in [0.4, 0.5) is 5.69 Å². The number of nitrogens with zero attached hydrogens (tertiary/aromatic N) is 3. The first kappa shape index (κ1) is 22.5. The number of nitro groups is 1. The number of halogens is 1. The SMILES string of the molecule is COc1ccc(-c2nc(CC(=O)N(C)Cc3cc([N+](=O)[O-])ccc3Cl)cs2)cc1OC. The van der Waals surface area contributed by atoms with Crippen LogP contribution in [-0.2, 0) is 17.8 Å². The summed E-state index contributed by atoms with van der Waals surface area (Å²) in [6, 6.07) is 9.69. The van der Waals surface area contributed by atoms with Crippen LogP contribution in [0.15, 0.2) is 41.8 Å². The highest BCUT2D eigenvalue weighted by Gasteiger charge is 2.17. The number of ether oxygens (including phenoxy) is 2. The lowest BCUT2D eigenvalue weighted by molar-refractivity contribution is -0.384. The number of amides is 1. The number of methoxy groups -OCH3 is 2. The Kier molecular flexibility index (Phi) is 7.09. The normalized spacial score (nSPS) is 10.6. The molecule has 2 aromatic carbocycles. The molecule has 0 radical (unpaired) electrons. The van der Waals surface area contributed by atoms with Gasteiger partial charge in [0.05, 0.1) is 31.3 Å². The van der Waals surface area contributed by atoms with Gasteiger partial charge in [-0.1, -0.05) is 11.6 Å². The Morgan fingerprint density at radius 1 is 1.19 bits per heavy atom. The van der Waals surface area contributed by atoms with Crippen LogP contribution in [0.5, 0.6) is 11.5 Å². The highest BCUT2D eigenvalue weighted by atomic mass is 35.5. The maximum Gasteiger partial charge on any atom is 0.269 e. The number of carbonyl (C=O) groups excluding carboxylic acids is 1. The molecule has 1 amide bonds. The number of non-ortho nitro benzene ring substituents is 1. The van der Waals surface area contributed by atoms with E-state index in [4.69, 9.17) is 21.1 Å². The molecular weight excluding hydrogens is 442 g/mol. The molecule has 0 unspecified atom stereocenters. The van der Waals surface area contributed by atoms with Crippen LogP contribution in [-0.4, -0.2) is 42.0 Å². The Morgan fingerprint density at radius 2 is 1.94 bits per heavy atom. The maximum atomic E-state index is 12.7. The molecule has 1 aromatic heterocycles. The molecule has 0 saturated carbocycles. The molecule has 3 rings (SSSR count). The quantitative estimate of drug-likeness (QED) is 0.359. The Hall–Kier alpha value is -3.17. The molecule has 0 atom stereocenters. The predicted octanol–water partition coefficient (Wildman–Crippen LogP) is 4.59. The van der Waals surface area contributed by atoms with Crippen LogP contribution in [0.2, 0.25) is 5.02 Å². The minimum Gasteiger partial charge on any atom is -0.493 e. The Bertz CT molecular complexity index is 1120. The van der Waals surface area contributed by atoms with Crippen molar-refractivity contribution in [3.63, 3.8) is 0 Å². The third kappa shape index (κ3) is 5.31. The van der Waals surface area contributed by atoms with Crippen molar-refractivity contribution in [1.82, 2.24) is 9.88 Å². The van der Waals surface area contributed by atoms with Gasteiger partial charge in [0.25, 0.3) is 5.69 Å². The van der Waals surface area contributed by atoms with Crippen molar-refractivity contribution in [2.75, 3.05) is 21.3 Å². The lowest BCUT2D eigenvalue weighted by Crippen LogP contribution is -2.28. The van der Waals surface area contributed by atoms with Gasteiger partial charge in [0, 0.05) is 41.7 Å². The minimum absolute atomic E-state index is 0.0701. The zero-order valence-corrected chi connectivity index (χ0v) is 18.7. The molecule has 0 fully saturated rings. The van der Waals surface area contributed by atoms with E-state index in [1.54, 1.807) is 27.3 Å². The molecule has 0 aliphatic rings. The van der Waals surface area contributed by atoms with Crippen molar-refractivity contribution in [2.24, 2.45) is 0 Å². The minimum atomic E-state index is -0.493. The number of rotatable bonds is 8. The van der Waals surface area contributed by atoms with Crippen LogP contribution in [0.25, 0.3) is 10.6 Å². The van der Waals surface area contributed by atoms with E-state index < -0.39 is 4.92 Å². The molecule has 0 aliphatic heterocycles. The highest BCUT2D eigenvalue weighted by Crippen LogP contribution is 2.33. The van der Waals surface area contributed by atoms with Crippen LogP contribution < -0.4 is 9.47 Å². The second-order valence-corrected chi connectivity index (χ2v) is 7.94. The number of hydrogen-bond acceptors (Lipinski definition) is 7. The van der Waals surface area contributed by atoms with Crippen molar-refractivity contribution in [3.8, 4) is 22.1 Å². The molecule has 0 aliphatic carbocycles. The summed E-state index contributed by atoms with van der Waals surface area (Å²) < 4.78 is 10.6. The summed E-state index contributed by atoms with van der Waals surface area (Å²) in [4.78, 5) is 29.2. The smallest absolute Gasteiger partial charge is 0.269 e. The third-order valence-electron chi connectivity index (χ3n) is 4.59. The van der Waals surface area contributed by atoms with E-state index >= 15 is 0 Å². The number of thiazole rings is 1. The molecule has 0 bridgehead atoms. The average Bonchev–Trinajstić information content (AvgIpc) is 3.22. The van der Waals surface area contributed by atoms with E-state index in [-0.39, 0.29) is 24.6 Å². The first-order chi connectivity index (χ1) is 14.8. The van der Waals surface area contributed by atoms with Crippen molar-refractivity contribution in [2.45, 2.75) is 13.0 Å². The molecule has 31 heavy (non-hydrogen) atoms. The summed E-state index contributed by atoms with van der Waals surface area (Å²) in [6.45, 7) is 0.159. The summed E-state index contributed by atoms with van der Waals surface area (Å²) in [5, 5.41) is 13.9. The van der Waals surface area contributed by atoms with Gasteiger partial charge >= 0.3 is 0 Å². The van der Waals surface area contributed by atoms with Gasteiger partial charge < -0.3 is 14.4 Å². The maximum absolute atomic E-state index is 12.7. The Morgan fingerprint density at radius 3 is 2.61 bits per heavy atom. The molecule has 0 N–H and O–H groups in total. The monoisotopic (exact) mass is 461 g/mol. The second kappa shape index (κ2) is 9.76. The molecule has 0 spiro atoms. The first-order valence-electron chi connectivity index (χ1n) is 9.16. The Labute approximate surface area is 188 Å². The van der Waals surface area contributed by atoms with Crippen LogP contribution >= 0.6 is 22.9 Å². The second-order valence-electron chi connectivity index (χ2n) is 6.67. The molecule has 0 saturated heterocycles. The summed E-state index contributed by atoms with van der Waals surface area (Å²) >= 11 is 7.56. The van der Waals surface area contributed by atoms with Gasteiger partial charge in [-0.15, -0.1) is 11.3 Å². The number of likely N-dealkylation sites (N-methyl/N-ethyl adjacent to an activating group) is 1. The fraction of sp³-hybridized carbons (Fsp3) is 0.238. The van der Waals surface area contributed by atoms with Crippen LogP contribution in [0.3, 0.4) is 0 Å². The van der Waals surface area contributed by atoms with Gasteiger partial charge in [-0.2, -0.15) is 0 Å². The third-order valence-corrected chi connectivity index (χ3v) is 5.90. The van der Waals surface area contributed by atoms with Gasteiger partial charge in [0.1, 0.15) is 5.01 Å². The summed E-state index contributed by atoms with van der Waals surface area (Å²) in [5.74, 6) is 1.05. The zero-order valence-electron chi connectivity index (χ0n) is 17.1. The fourth-order valence-electron chi connectivity index (χ4n) is 2.92. The number of hydrogen-bond donors (Lipinski definition) is 0. The molecule has 8 nitrogen and oxygen atoms in total. The molecule has 1 heterocycles. The standard InChI is InChI=1S/C21H20ClN3O5S/c1-24(11-14-8-16(25(27)28)5-6-17(14)22)20(26)10-15-12-31-21(23-15)13-4-7-18(29-2)19(9-13)30-3/h4-9,12H,10-11H2,1-3H3.